The Hall–Kier alpha value is -3.24. The Morgan fingerprint density at radius 3 is 2.22 bits per heavy atom. The number of hydrogen-bond acceptors (Lipinski definition) is 2. The van der Waals surface area contributed by atoms with Crippen molar-refractivity contribution in [2.45, 2.75) is 11.1 Å². The van der Waals surface area contributed by atoms with Crippen molar-refractivity contribution in [2.75, 3.05) is 7.05 Å². The van der Waals surface area contributed by atoms with Crippen LogP contribution in [0.25, 0.3) is 27.7 Å². The molecule has 0 atom stereocenters. The van der Waals surface area contributed by atoms with Gasteiger partial charge in [0.1, 0.15) is 0 Å². The largest absolute Gasteiger partial charge is 0.416 e. The van der Waals surface area contributed by atoms with Gasteiger partial charge in [0, 0.05) is 28.4 Å². The summed E-state index contributed by atoms with van der Waals surface area (Å²) in [7, 11) is -2.60. The summed E-state index contributed by atoms with van der Waals surface area (Å²) in [5.41, 5.74) is -0.0324. The maximum Gasteiger partial charge on any atom is 0.416 e. The summed E-state index contributed by atoms with van der Waals surface area (Å²) in [4.78, 5) is -0.101. The first-order chi connectivity index (χ1) is 15.0. The first-order valence-corrected chi connectivity index (χ1v) is 10.7. The first kappa shape index (κ1) is 22.0. The number of aromatic nitrogens is 1. The summed E-state index contributed by atoms with van der Waals surface area (Å²) in [5.74, 6) is -2.21. The van der Waals surface area contributed by atoms with Crippen LogP contribution >= 0.6 is 0 Å². The van der Waals surface area contributed by atoms with Gasteiger partial charge in [-0.3, -0.25) is 0 Å². The molecule has 0 amide bonds. The summed E-state index contributed by atoms with van der Waals surface area (Å²) in [6.45, 7) is 0. The van der Waals surface area contributed by atoms with Crippen LogP contribution in [-0.4, -0.2) is 20.0 Å². The van der Waals surface area contributed by atoms with Crippen LogP contribution in [0.4, 0.5) is 22.0 Å². The predicted octanol–water partition coefficient (Wildman–Crippen LogP) is 5.50. The lowest BCUT2D eigenvalue weighted by Gasteiger charge is -2.09. The molecular weight excluding hydrogens is 451 g/mol. The van der Waals surface area contributed by atoms with Crippen molar-refractivity contribution in [1.29, 1.82) is 0 Å². The Bertz CT molecular complexity index is 1430. The molecule has 10 heteroatoms. The molecule has 4 rings (SSSR count). The molecule has 3 aromatic carbocycles. The molecule has 0 aliphatic heterocycles. The van der Waals surface area contributed by atoms with E-state index in [1.807, 2.05) is 0 Å². The number of nitrogens with one attached hydrogen (secondary N) is 1. The van der Waals surface area contributed by atoms with Gasteiger partial charge in [-0.25, -0.2) is 21.9 Å². The maximum atomic E-state index is 14.6. The van der Waals surface area contributed by atoms with Crippen LogP contribution in [0, 0.1) is 11.6 Å². The molecule has 166 valence electrons. The number of fused-ring (bicyclic) bond motifs is 1. The van der Waals surface area contributed by atoms with E-state index in [9.17, 15) is 30.4 Å². The zero-order chi connectivity index (χ0) is 23.3. The third-order valence-corrected chi connectivity index (χ3v) is 6.48. The molecule has 0 aliphatic rings. The lowest BCUT2D eigenvalue weighted by molar-refractivity contribution is -0.137. The van der Waals surface area contributed by atoms with Crippen molar-refractivity contribution in [3.05, 3.63) is 84.1 Å². The molecule has 0 saturated heterocycles. The second-order valence-corrected chi connectivity index (χ2v) is 8.83. The Morgan fingerprint density at radius 1 is 0.906 bits per heavy atom. The highest BCUT2D eigenvalue weighted by Crippen LogP contribution is 2.36. The van der Waals surface area contributed by atoms with E-state index < -0.39 is 33.4 Å². The number of halogens is 5. The molecule has 1 N–H and O–H groups in total. The minimum absolute atomic E-state index is 0.101. The Labute approximate surface area is 180 Å². The molecule has 0 aliphatic carbocycles. The van der Waals surface area contributed by atoms with Crippen LogP contribution in [-0.2, 0) is 16.2 Å². The van der Waals surface area contributed by atoms with Crippen molar-refractivity contribution in [2.24, 2.45) is 0 Å². The fraction of sp³-hybridized carbons (Fsp3) is 0.0909. The molecule has 0 fully saturated rings. The van der Waals surface area contributed by atoms with Gasteiger partial charge < -0.3 is 4.57 Å². The standard InChI is InChI=1S/C22H15F5N2O2S/c1-28-32(30,31)15-9-10-20-17(11-15)18(16-3-2-4-19(23)21(16)24)12-29(20)14-7-5-13(6-8-14)22(25,26)27/h2-12,28H,1H3. The van der Waals surface area contributed by atoms with E-state index in [2.05, 4.69) is 4.72 Å². The van der Waals surface area contributed by atoms with E-state index in [4.69, 9.17) is 0 Å². The molecule has 1 heterocycles. The molecule has 0 bridgehead atoms. The van der Waals surface area contributed by atoms with Gasteiger partial charge >= 0.3 is 6.18 Å². The maximum absolute atomic E-state index is 14.6. The van der Waals surface area contributed by atoms with Crippen LogP contribution in [0.1, 0.15) is 5.56 Å². The van der Waals surface area contributed by atoms with Gasteiger partial charge in [-0.15, -0.1) is 0 Å². The molecular formula is C22H15F5N2O2S. The SMILES string of the molecule is CNS(=O)(=O)c1ccc2c(c1)c(-c1cccc(F)c1F)cn2-c1ccc(C(F)(F)F)cc1. The summed E-state index contributed by atoms with van der Waals surface area (Å²) in [6.07, 6.45) is -3.08. The third kappa shape index (κ3) is 3.76. The molecule has 0 radical (unpaired) electrons. The topological polar surface area (TPSA) is 51.1 Å². The lowest BCUT2D eigenvalue weighted by atomic mass is 10.0. The van der Waals surface area contributed by atoms with E-state index in [0.29, 0.717) is 11.2 Å². The van der Waals surface area contributed by atoms with Crippen molar-refractivity contribution in [3.8, 4) is 16.8 Å². The Morgan fingerprint density at radius 2 is 1.59 bits per heavy atom. The smallest absolute Gasteiger partial charge is 0.316 e. The molecule has 32 heavy (non-hydrogen) atoms. The highest BCUT2D eigenvalue weighted by atomic mass is 32.2. The summed E-state index contributed by atoms with van der Waals surface area (Å²) >= 11 is 0. The highest BCUT2D eigenvalue weighted by molar-refractivity contribution is 7.89. The van der Waals surface area contributed by atoms with E-state index in [0.717, 1.165) is 18.2 Å². The second-order valence-electron chi connectivity index (χ2n) is 6.95. The average Bonchev–Trinajstić information content (AvgIpc) is 3.14. The van der Waals surface area contributed by atoms with Gasteiger partial charge in [-0.2, -0.15) is 13.2 Å². The Balaban J connectivity index is 2.00. The minimum Gasteiger partial charge on any atom is -0.316 e. The lowest BCUT2D eigenvalue weighted by Crippen LogP contribution is -2.18. The van der Waals surface area contributed by atoms with Crippen molar-refractivity contribution < 1.29 is 30.4 Å². The predicted molar refractivity (Wildman–Crippen MR) is 110 cm³/mol. The van der Waals surface area contributed by atoms with Crippen LogP contribution in [0.15, 0.2) is 71.8 Å². The number of alkyl halides is 3. The van der Waals surface area contributed by atoms with Crippen molar-refractivity contribution in [3.63, 3.8) is 0 Å². The van der Waals surface area contributed by atoms with Gasteiger partial charge in [-0.05, 0) is 55.6 Å². The first-order valence-electron chi connectivity index (χ1n) is 9.23. The molecule has 0 unspecified atom stereocenters. The fourth-order valence-electron chi connectivity index (χ4n) is 3.45. The second kappa shape index (κ2) is 7.72. The number of hydrogen-bond donors (Lipinski definition) is 1. The molecule has 0 spiro atoms. The third-order valence-electron chi connectivity index (χ3n) is 5.07. The summed E-state index contributed by atoms with van der Waals surface area (Å²) < 4.78 is 95.4. The zero-order valence-corrected chi connectivity index (χ0v) is 17.2. The van der Waals surface area contributed by atoms with E-state index >= 15 is 0 Å². The minimum atomic E-state index is -4.51. The van der Waals surface area contributed by atoms with Crippen LogP contribution < -0.4 is 4.72 Å². The van der Waals surface area contributed by atoms with Crippen LogP contribution in [0.3, 0.4) is 0 Å². The molecule has 1 aromatic heterocycles. The van der Waals surface area contributed by atoms with Gasteiger partial charge in [-0.1, -0.05) is 12.1 Å². The van der Waals surface area contributed by atoms with Crippen LogP contribution in [0.2, 0.25) is 0 Å². The summed E-state index contributed by atoms with van der Waals surface area (Å²) in [6, 6.07) is 12.0. The average molecular weight is 466 g/mol. The number of rotatable bonds is 4. The summed E-state index contributed by atoms with van der Waals surface area (Å²) in [5, 5.41) is 0.283. The van der Waals surface area contributed by atoms with Gasteiger partial charge in [0.05, 0.1) is 16.0 Å². The molecule has 4 nitrogen and oxygen atoms in total. The van der Waals surface area contributed by atoms with E-state index in [-0.39, 0.29) is 21.4 Å². The van der Waals surface area contributed by atoms with Gasteiger partial charge in [0.25, 0.3) is 0 Å². The quantitative estimate of drug-likeness (QED) is 0.404. The van der Waals surface area contributed by atoms with Crippen LogP contribution in [0.5, 0.6) is 0 Å². The number of nitrogens with zero attached hydrogens (tertiary/aromatic N) is 1. The van der Waals surface area contributed by atoms with Gasteiger partial charge in [0.15, 0.2) is 11.6 Å². The fourth-order valence-corrected chi connectivity index (χ4v) is 4.20. The molecule has 0 saturated carbocycles. The zero-order valence-electron chi connectivity index (χ0n) is 16.4. The van der Waals surface area contributed by atoms with Gasteiger partial charge in [0.2, 0.25) is 10.0 Å². The number of sulfonamides is 1. The number of benzene rings is 3. The molecule has 4 aromatic rings. The van der Waals surface area contributed by atoms with E-state index in [1.54, 1.807) is 0 Å². The normalized spacial score (nSPS) is 12.4. The Kier molecular flexibility index (Phi) is 5.30. The van der Waals surface area contributed by atoms with E-state index in [1.165, 1.54) is 60.3 Å². The monoisotopic (exact) mass is 466 g/mol. The van der Waals surface area contributed by atoms with Crippen molar-refractivity contribution >= 4 is 20.9 Å². The van der Waals surface area contributed by atoms with Crippen molar-refractivity contribution in [1.82, 2.24) is 9.29 Å². The highest BCUT2D eigenvalue weighted by Gasteiger charge is 2.30.